The van der Waals surface area contributed by atoms with Crippen molar-refractivity contribution in [3.05, 3.63) is 29.6 Å². The van der Waals surface area contributed by atoms with Gasteiger partial charge in [0.15, 0.2) is 0 Å². The number of amides is 1. The number of alkyl halides is 3. The second kappa shape index (κ2) is 6.51. The van der Waals surface area contributed by atoms with Gasteiger partial charge in [0.1, 0.15) is 5.69 Å². The van der Waals surface area contributed by atoms with Crippen LogP contribution >= 0.6 is 24.8 Å². The van der Waals surface area contributed by atoms with Gasteiger partial charge in [-0.1, -0.05) is 0 Å². The fourth-order valence-electron chi connectivity index (χ4n) is 0.779. The largest absolute Gasteiger partial charge is 0.433 e. The van der Waals surface area contributed by atoms with Crippen LogP contribution in [0.15, 0.2) is 18.3 Å². The number of aromatic nitrogens is 1. The summed E-state index contributed by atoms with van der Waals surface area (Å²) in [5, 5.41) is 0. The Hall–Kier alpha value is -1.05. The number of hydrazine groups is 1. The Labute approximate surface area is 101 Å². The number of carbonyl (C=O) groups excluding carboxylic acids is 1. The molecule has 0 bridgehead atoms. The zero-order valence-electron chi connectivity index (χ0n) is 7.62. The average Bonchev–Trinajstić information content (AvgIpc) is 2.15. The Morgan fingerprint density at radius 3 is 2.19 bits per heavy atom. The highest BCUT2D eigenvalue weighted by atomic mass is 35.5. The molecule has 0 spiro atoms. The lowest BCUT2D eigenvalue weighted by Gasteiger charge is -2.05. The van der Waals surface area contributed by atoms with Gasteiger partial charge in [-0.2, -0.15) is 13.2 Å². The van der Waals surface area contributed by atoms with Crippen LogP contribution in [-0.4, -0.2) is 10.9 Å². The number of pyridine rings is 1. The van der Waals surface area contributed by atoms with Gasteiger partial charge in [-0.05, 0) is 12.1 Å². The quantitative estimate of drug-likeness (QED) is 0.465. The highest BCUT2D eigenvalue weighted by molar-refractivity contribution is 5.93. The average molecular weight is 278 g/mol. The van der Waals surface area contributed by atoms with E-state index in [1.165, 1.54) is 0 Å². The van der Waals surface area contributed by atoms with Crippen molar-refractivity contribution in [1.29, 1.82) is 0 Å². The van der Waals surface area contributed by atoms with Crippen molar-refractivity contribution in [2.24, 2.45) is 5.84 Å². The topological polar surface area (TPSA) is 68.0 Å². The Kier molecular flexibility index (Phi) is 7.06. The molecule has 0 fully saturated rings. The lowest BCUT2D eigenvalue weighted by molar-refractivity contribution is -0.141. The minimum absolute atomic E-state index is 0. The number of nitrogens with zero attached hydrogens (tertiary/aromatic N) is 1. The Bertz CT molecular complexity index is 342. The summed E-state index contributed by atoms with van der Waals surface area (Å²) in [7, 11) is 0. The smallest absolute Gasteiger partial charge is 0.290 e. The molecule has 0 aliphatic rings. The Morgan fingerprint density at radius 2 is 1.88 bits per heavy atom. The van der Waals surface area contributed by atoms with Gasteiger partial charge in [0, 0.05) is 6.20 Å². The molecule has 0 saturated carbocycles. The second-order valence-corrected chi connectivity index (χ2v) is 2.40. The van der Waals surface area contributed by atoms with E-state index in [9.17, 15) is 18.0 Å². The Balaban J connectivity index is 0. The maximum Gasteiger partial charge on any atom is 0.433 e. The molecule has 3 N–H and O–H groups in total. The monoisotopic (exact) mass is 277 g/mol. The highest BCUT2D eigenvalue weighted by Gasteiger charge is 2.32. The van der Waals surface area contributed by atoms with Crippen LogP contribution < -0.4 is 11.3 Å². The van der Waals surface area contributed by atoms with Gasteiger partial charge in [0.2, 0.25) is 0 Å². The van der Waals surface area contributed by atoms with Crippen LogP contribution in [0.5, 0.6) is 0 Å². The van der Waals surface area contributed by atoms with Crippen molar-refractivity contribution >= 4 is 30.7 Å². The number of nitrogen functional groups attached to an aromatic ring is 1. The van der Waals surface area contributed by atoms with Crippen LogP contribution in [-0.2, 0) is 6.18 Å². The molecule has 1 rings (SSSR count). The van der Waals surface area contributed by atoms with Gasteiger partial charge in [-0.15, -0.1) is 24.8 Å². The molecule has 1 heterocycles. The van der Waals surface area contributed by atoms with Gasteiger partial charge in [0.05, 0.1) is 5.56 Å². The third-order valence-corrected chi connectivity index (χ3v) is 1.45. The van der Waals surface area contributed by atoms with Gasteiger partial charge < -0.3 is 0 Å². The van der Waals surface area contributed by atoms with E-state index in [0.29, 0.717) is 6.07 Å². The second-order valence-electron chi connectivity index (χ2n) is 2.40. The van der Waals surface area contributed by atoms with E-state index >= 15 is 0 Å². The predicted octanol–water partition coefficient (Wildman–Crippen LogP) is 1.55. The number of carbonyl (C=O) groups is 1. The Morgan fingerprint density at radius 1 is 1.31 bits per heavy atom. The summed E-state index contributed by atoms with van der Waals surface area (Å²) in [5.41, 5.74) is 0.702. The first-order valence-corrected chi connectivity index (χ1v) is 3.49. The standard InChI is InChI=1S/C7H6F3N3O.2ClH/c8-7(9,10)5-2-1-4(3-12-5)6(14)13-11;;/h1-3H,11H2,(H,13,14);2*1H. The third kappa shape index (κ3) is 4.21. The first-order chi connectivity index (χ1) is 6.45. The number of halogens is 5. The van der Waals surface area contributed by atoms with Crippen LogP contribution in [0, 0.1) is 0 Å². The molecule has 1 aromatic rings. The van der Waals surface area contributed by atoms with E-state index in [-0.39, 0.29) is 30.4 Å². The molecular weight excluding hydrogens is 270 g/mol. The van der Waals surface area contributed by atoms with Gasteiger partial charge in [-0.25, -0.2) is 5.84 Å². The maximum atomic E-state index is 12.0. The SMILES string of the molecule is Cl.Cl.NNC(=O)c1ccc(C(F)(F)F)nc1. The summed E-state index contributed by atoms with van der Waals surface area (Å²) < 4.78 is 36.0. The van der Waals surface area contributed by atoms with Crippen molar-refractivity contribution < 1.29 is 18.0 Å². The van der Waals surface area contributed by atoms with E-state index in [0.717, 1.165) is 12.3 Å². The van der Waals surface area contributed by atoms with E-state index in [2.05, 4.69) is 4.98 Å². The van der Waals surface area contributed by atoms with Crippen molar-refractivity contribution in [2.45, 2.75) is 6.18 Å². The molecule has 0 radical (unpaired) electrons. The summed E-state index contributed by atoms with van der Waals surface area (Å²) in [6, 6.07) is 1.71. The molecule has 92 valence electrons. The summed E-state index contributed by atoms with van der Waals surface area (Å²) >= 11 is 0. The molecule has 16 heavy (non-hydrogen) atoms. The van der Waals surface area contributed by atoms with Crippen LogP contribution in [0.1, 0.15) is 16.1 Å². The lowest BCUT2D eigenvalue weighted by Crippen LogP contribution is -2.30. The first-order valence-electron chi connectivity index (χ1n) is 3.49. The molecule has 0 aromatic carbocycles. The van der Waals surface area contributed by atoms with E-state index in [1.54, 1.807) is 5.43 Å². The fraction of sp³-hybridized carbons (Fsp3) is 0.143. The number of nitrogens with two attached hydrogens (primary N) is 1. The molecule has 9 heteroatoms. The molecule has 1 amide bonds. The number of hydrogen-bond donors (Lipinski definition) is 2. The van der Waals surface area contributed by atoms with Crippen LogP contribution in [0.3, 0.4) is 0 Å². The zero-order valence-corrected chi connectivity index (χ0v) is 9.25. The third-order valence-electron chi connectivity index (χ3n) is 1.45. The van der Waals surface area contributed by atoms with Crippen LogP contribution in [0.4, 0.5) is 13.2 Å². The fourth-order valence-corrected chi connectivity index (χ4v) is 0.779. The lowest BCUT2D eigenvalue weighted by atomic mass is 10.2. The van der Waals surface area contributed by atoms with E-state index < -0.39 is 17.8 Å². The first kappa shape index (κ1) is 17.3. The predicted molar refractivity (Wildman–Crippen MR) is 55.4 cm³/mol. The van der Waals surface area contributed by atoms with Gasteiger partial charge in [-0.3, -0.25) is 15.2 Å². The number of nitrogens with one attached hydrogen (secondary N) is 1. The summed E-state index contributed by atoms with van der Waals surface area (Å²) in [5.74, 6) is 4.09. The number of rotatable bonds is 1. The van der Waals surface area contributed by atoms with Crippen molar-refractivity contribution in [1.82, 2.24) is 10.4 Å². The minimum atomic E-state index is -4.50. The normalized spacial score (nSPS) is 9.75. The zero-order chi connectivity index (χ0) is 10.8. The van der Waals surface area contributed by atoms with E-state index in [1.807, 2.05) is 0 Å². The molecule has 0 atom stereocenters. The molecule has 0 aliphatic heterocycles. The molecule has 1 aromatic heterocycles. The van der Waals surface area contributed by atoms with Gasteiger partial charge >= 0.3 is 6.18 Å². The summed E-state index contributed by atoms with van der Waals surface area (Å²) in [4.78, 5) is 13.9. The minimum Gasteiger partial charge on any atom is -0.290 e. The molecule has 4 nitrogen and oxygen atoms in total. The molecule has 0 unspecified atom stereocenters. The van der Waals surface area contributed by atoms with Crippen molar-refractivity contribution in [3.8, 4) is 0 Å². The maximum absolute atomic E-state index is 12.0. The summed E-state index contributed by atoms with van der Waals surface area (Å²) in [6.07, 6.45) is -3.69. The van der Waals surface area contributed by atoms with Crippen molar-refractivity contribution in [2.75, 3.05) is 0 Å². The molecule has 0 saturated heterocycles. The van der Waals surface area contributed by atoms with Crippen LogP contribution in [0.2, 0.25) is 0 Å². The van der Waals surface area contributed by atoms with Crippen molar-refractivity contribution in [3.63, 3.8) is 0 Å². The molecular formula is C7H8Cl2F3N3O. The van der Waals surface area contributed by atoms with Crippen LogP contribution in [0.25, 0.3) is 0 Å². The summed E-state index contributed by atoms with van der Waals surface area (Å²) in [6.45, 7) is 0. The van der Waals surface area contributed by atoms with E-state index in [4.69, 9.17) is 5.84 Å². The highest BCUT2D eigenvalue weighted by Crippen LogP contribution is 2.26. The molecule has 0 aliphatic carbocycles. The number of hydrogen-bond acceptors (Lipinski definition) is 3. The van der Waals surface area contributed by atoms with Gasteiger partial charge in [0.25, 0.3) is 5.91 Å².